The first-order valence-corrected chi connectivity index (χ1v) is 8.66. The van der Waals surface area contributed by atoms with Crippen LogP contribution in [0.2, 0.25) is 0 Å². The van der Waals surface area contributed by atoms with Crippen molar-refractivity contribution in [2.45, 2.75) is 20.8 Å². The number of imide groups is 1. The van der Waals surface area contributed by atoms with E-state index in [4.69, 9.17) is 16.3 Å². The van der Waals surface area contributed by atoms with Crippen LogP contribution in [0, 0.1) is 13.8 Å². The van der Waals surface area contributed by atoms with Crippen LogP contribution in [-0.4, -0.2) is 18.4 Å². The van der Waals surface area contributed by atoms with Crippen molar-refractivity contribution in [3.05, 3.63) is 64.3 Å². The highest BCUT2D eigenvalue weighted by Gasteiger charge is 2.40. The SMILES string of the molecule is CCOc1ccccc1N1C(=O)C(Cl)=C(Nc2cc(C)cc(C)c2)C1=O. The number of benzene rings is 2. The maximum Gasteiger partial charge on any atom is 0.283 e. The molecule has 1 aliphatic heterocycles. The first-order valence-electron chi connectivity index (χ1n) is 8.28. The first-order chi connectivity index (χ1) is 12.4. The highest BCUT2D eigenvalue weighted by Crippen LogP contribution is 2.35. The van der Waals surface area contributed by atoms with Crippen LogP contribution < -0.4 is 15.0 Å². The van der Waals surface area contributed by atoms with Gasteiger partial charge < -0.3 is 10.1 Å². The lowest BCUT2D eigenvalue weighted by Crippen LogP contribution is -2.32. The molecule has 0 aliphatic carbocycles. The number of carbonyl (C=O) groups excluding carboxylic acids is 2. The molecule has 2 aromatic rings. The van der Waals surface area contributed by atoms with Crippen molar-refractivity contribution in [3.8, 4) is 5.75 Å². The number of carbonyl (C=O) groups is 2. The van der Waals surface area contributed by atoms with Gasteiger partial charge in [-0.3, -0.25) is 9.59 Å². The summed E-state index contributed by atoms with van der Waals surface area (Å²) in [7, 11) is 0. The van der Waals surface area contributed by atoms with Crippen LogP contribution >= 0.6 is 11.6 Å². The predicted octanol–water partition coefficient (Wildman–Crippen LogP) is 4.14. The topological polar surface area (TPSA) is 58.6 Å². The minimum Gasteiger partial charge on any atom is -0.492 e. The van der Waals surface area contributed by atoms with Gasteiger partial charge in [0.05, 0.1) is 12.3 Å². The lowest BCUT2D eigenvalue weighted by Gasteiger charge is -2.18. The highest BCUT2D eigenvalue weighted by atomic mass is 35.5. The van der Waals surface area contributed by atoms with E-state index in [9.17, 15) is 9.59 Å². The number of hydrogen-bond acceptors (Lipinski definition) is 4. The molecule has 134 valence electrons. The summed E-state index contributed by atoms with van der Waals surface area (Å²) < 4.78 is 5.54. The molecule has 1 heterocycles. The Morgan fingerprint density at radius 2 is 1.69 bits per heavy atom. The summed E-state index contributed by atoms with van der Waals surface area (Å²) in [5, 5.41) is 2.86. The fourth-order valence-corrected chi connectivity index (χ4v) is 3.15. The molecule has 26 heavy (non-hydrogen) atoms. The number of nitrogens with one attached hydrogen (secondary N) is 1. The number of nitrogens with zero attached hydrogens (tertiary/aromatic N) is 1. The van der Waals surface area contributed by atoms with Gasteiger partial charge in [0.15, 0.2) is 0 Å². The summed E-state index contributed by atoms with van der Waals surface area (Å²) in [5.41, 5.74) is 3.23. The summed E-state index contributed by atoms with van der Waals surface area (Å²) in [6, 6.07) is 12.7. The van der Waals surface area contributed by atoms with E-state index in [1.165, 1.54) is 0 Å². The van der Waals surface area contributed by atoms with Crippen LogP contribution in [0.3, 0.4) is 0 Å². The Kier molecular flexibility index (Phi) is 5.00. The van der Waals surface area contributed by atoms with Crippen LogP contribution in [0.15, 0.2) is 53.2 Å². The van der Waals surface area contributed by atoms with Crippen molar-refractivity contribution in [2.24, 2.45) is 0 Å². The van der Waals surface area contributed by atoms with E-state index in [2.05, 4.69) is 5.32 Å². The van der Waals surface area contributed by atoms with E-state index in [-0.39, 0.29) is 10.7 Å². The second kappa shape index (κ2) is 7.22. The molecule has 5 nitrogen and oxygen atoms in total. The van der Waals surface area contributed by atoms with Crippen molar-refractivity contribution in [1.29, 1.82) is 0 Å². The Labute approximate surface area is 157 Å². The quantitative estimate of drug-likeness (QED) is 0.804. The zero-order chi connectivity index (χ0) is 18.8. The third kappa shape index (κ3) is 3.30. The van der Waals surface area contributed by atoms with E-state index in [0.717, 1.165) is 16.0 Å². The Bertz CT molecular complexity index is 901. The normalized spacial score (nSPS) is 14.2. The molecule has 0 spiro atoms. The summed E-state index contributed by atoms with van der Waals surface area (Å²) in [4.78, 5) is 26.6. The van der Waals surface area contributed by atoms with Gasteiger partial charge in [-0.25, -0.2) is 4.90 Å². The molecule has 1 N–H and O–H groups in total. The smallest absolute Gasteiger partial charge is 0.283 e. The van der Waals surface area contributed by atoms with Gasteiger partial charge in [-0.05, 0) is 56.2 Å². The van der Waals surface area contributed by atoms with Crippen LogP contribution in [0.4, 0.5) is 11.4 Å². The molecule has 0 aromatic heterocycles. The zero-order valence-corrected chi connectivity index (χ0v) is 15.6. The predicted molar refractivity (Wildman–Crippen MR) is 103 cm³/mol. The molecule has 0 saturated heterocycles. The fourth-order valence-electron chi connectivity index (χ4n) is 2.94. The van der Waals surface area contributed by atoms with E-state index >= 15 is 0 Å². The lowest BCUT2D eigenvalue weighted by molar-refractivity contribution is -0.120. The molecule has 0 fully saturated rings. The molecule has 6 heteroatoms. The van der Waals surface area contributed by atoms with Gasteiger partial charge >= 0.3 is 0 Å². The Morgan fingerprint density at radius 3 is 2.35 bits per heavy atom. The van der Waals surface area contributed by atoms with Crippen LogP contribution in [0.25, 0.3) is 0 Å². The van der Waals surface area contributed by atoms with Crippen molar-refractivity contribution in [2.75, 3.05) is 16.8 Å². The minimum absolute atomic E-state index is 0.0629. The number of ether oxygens (including phenoxy) is 1. The second-order valence-corrected chi connectivity index (χ2v) is 6.41. The van der Waals surface area contributed by atoms with Crippen molar-refractivity contribution in [1.82, 2.24) is 0 Å². The van der Waals surface area contributed by atoms with Crippen molar-refractivity contribution >= 4 is 34.8 Å². The first kappa shape index (κ1) is 18.0. The van der Waals surface area contributed by atoms with E-state index < -0.39 is 11.8 Å². The monoisotopic (exact) mass is 370 g/mol. The number of anilines is 2. The maximum atomic E-state index is 12.9. The fraction of sp³-hybridized carbons (Fsp3) is 0.200. The number of para-hydroxylation sites is 2. The third-order valence-corrected chi connectivity index (χ3v) is 4.27. The van der Waals surface area contributed by atoms with Crippen LogP contribution in [0.5, 0.6) is 5.75 Å². The standard InChI is InChI=1S/C20H19ClN2O3/c1-4-26-16-8-6-5-7-15(16)23-19(24)17(21)18(20(23)25)22-14-10-12(2)9-13(3)11-14/h5-11,22H,4H2,1-3H3. The van der Waals surface area contributed by atoms with Gasteiger partial charge in [0, 0.05) is 5.69 Å². The second-order valence-electron chi connectivity index (χ2n) is 6.04. The number of rotatable bonds is 5. The van der Waals surface area contributed by atoms with Crippen LogP contribution in [0.1, 0.15) is 18.1 Å². The van der Waals surface area contributed by atoms with Gasteiger partial charge in [-0.2, -0.15) is 0 Å². The molecule has 0 saturated carbocycles. The average molecular weight is 371 g/mol. The lowest BCUT2D eigenvalue weighted by atomic mass is 10.1. The van der Waals surface area contributed by atoms with Gasteiger partial charge in [-0.1, -0.05) is 29.8 Å². The third-order valence-electron chi connectivity index (χ3n) is 3.92. The summed E-state index contributed by atoms with van der Waals surface area (Å²) >= 11 is 6.19. The van der Waals surface area contributed by atoms with Gasteiger partial charge in [0.2, 0.25) is 0 Å². The van der Waals surface area contributed by atoms with E-state index in [0.29, 0.717) is 23.7 Å². The molecule has 0 atom stereocenters. The molecular weight excluding hydrogens is 352 g/mol. The summed E-state index contributed by atoms with van der Waals surface area (Å²) in [6.45, 7) is 6.17. The molecule has 0 bridgehead atoms. The number of halogens is 1. The Hall–Kier alpha value is -2.79. The number of aryl methyl sites for hydroxylation is 2. The molecule has 0 radical (unpaired) electrons. The maximum absolute atomic E-state index is 12.9. The van der Waals surface area contributed by atoms with Gasteiger partial charge in [0.1, 0.15) is 16.5 Å². The Morgan fingerprint density at radius 1 is 1.04 bits per heavy atom. The minimum atomic E-state index is -0.573. The van der Waals surface area contributed by atoms with E-state index in [1.807, 2.05) is 39.0 Å². The zero-order valence-electron chi connectivity index (χ0n) is 14.8. The largest absolute Gasteiger partial charge is 0.492 e. The van der Waals surface area contributed by atoms with Crippen molar-refractivity contribution in [3.63, 3.8) is 0 Å². The molecule has 2 aromatic carbocycles. The van der Waals surface area contributed by atoms with E-state index in [1.54, 1.807) is 24.3 Å². The molecule has 2 amide bonds. The summed E-state index contributed by atoms with van der Waals surface area (Å²) in [5.74, 6) is -0.629. The van der Waals surface area contributed by atoms with Gasteiger partial charge in [0.25, 0.3) is 11.8 Å². The molecule has 1 aliphatic rings. The van der Waals surface area contributed by atoms with Gasteiger partial charge in [-0.15, -0.1) is 0 Å². The van der Waals surface area contributed by atoms with Crippen LogP contribution in [-0.2, 0) is 9.59 Å². The average Bonchev–Trinajstić information content (AvgIpc) is 2.79. The highest BCUT2D eigenvalue weighted by molar-refractivity contribution is 6.53. The molecule has 0 unspecified atom stereocenters. The van der Waals surface area contributed by atoms with Crippen molar-refractivity contribution < 1.29 is 14.3 Å². The number of hydrogen-bond donors (Lipinski definition) is 1. The molecular formula is C20H19ClN2O3. The molecule has 3 rings (SSSR count). The summed E-state index contributed by atoms with van der Waals surface area (Å²) in [6.07, 6.45) is 0. The number of amides is 2. The Balaban J connectivity index is 1.95.